The molecule has 164 valence electrons. The van der Waals surface area contributed by atoms with Crippen molar-refractivity contribution in [3.63, 3.8) is 0 Å². The van der Waals surface area contributed by atoms with Crippen molar-refractivity contribution in [3.8, 4) is 11.4 Å². The average molecular weight is 422 g/mol. The maximum Gasteiger partial charge on any atom is 0.271 e. The van der Waals surface area contributed by atoms with Crippen LogP contribution in [0.3, 0.4) is 0 Å². The lowest BCUT2D eigenvalue weighted by Gasteiger charge is -2.24. The zero-order valence-corrected chi connectivity index (χ0v) is 17.9. The molecular formula is C23H30F3N3O. The minimum Gasteiger partial charge on any atom is -0.350 e. The van der Waals surface area contributed by atoms with Crippen LogP contribution in [0.2, 0.25) is 0 Å². The van der Waals surface area contributed by atoms with E-state index in [1.54, 1.807) is 6.07 Å². The zero-order chi connectivity index (χ0) is 21.9. The van der Waals surface area contributed by atoms with Crippen molar-refractivity contribution >= 4 is 5.91 Å². The van der Waals surface area contributed by atoms with Gasteiger partial charge in [-0.3, -0.25) is 4.79 Å². The van der Waals surface area contributed by atoms with Gasteiger partial charge in [-0.2, -0.15) is 0 Å². The molecule has 3 rings (SSSR count). The predicted octanol–water partition coefficient (Wildman–Crippen LogP) is 5.66. The Morgan fingerprint density at radius 1 is 1.23 bits per heavy atom. The van der Waals surface area contributed by atoms with Gasteiger partial charge in [0.15, 0.2) is 0 Å². The second kappa shape index (κ2) is 9.23. The fourth-order valence-corrected chi connectivity index (χ4v) is 4.12. The average Bonchev–Trinajstić information content (AvgIpc) is 3.00. The fraction of sp³-hybridized carbons (Fsp3) is 0.565. The molecule has 30 heavy (non-hydrogen) atoms. The van der Waals surface area contributed by atoms with Gasteiger partial charge in [-0.15, -0.1) is 0 Å². The predicted molar refractivity (Wildman–Crippen MR) is 111 cm³/mol. The summed E-state index contributed by atoms with van der Waals surface area (Å²) < 4.78 is 42.1. The highest BCUT2D eigenvalue weighted by atomic mass is 19.3. The smallest absolute Gasteiger partial charge is 0.271 e. The van der Waals surface area contributed by atoms with Crippen molar-refractivity contribution in [3.05, 3.63) is 41.0 Å². The topological polar surface area (TPSA) is 46.9 Å². The summed E-state index contributed by atoms with van der Waals surface area (Å²) in [5.74, 6) is -2.65. The monoisotopic (exact) mass is 421 g/mol. The number of hydrogen-bond acceptors (Lipinski definition) is 2. The number of aryl methyl sites for hydroxylation is 1. The van der Waals surface area contributed by atoms with Crippen LogP contribution in [0.4, 0.5) is 13.2 Å². The maximum absolute atomic E-state index is 14.0. The highest BCUT2D eigenvalue weighted by molar-refractivity contribution is 5.94. The molecule has 0 aliphatic heterocycles. The highest BCUT2D eigenvalue weighted by Crippen LogP contribution is 2.31. The molecular weight excluding hydrogens is 391 g/mol. The molecule has 1 fully saturated rings. The normalized spacial score (nSPS) is 15.4. The van der Waals surface area contributed by atoms with Gasteiger partial charge in [0.2, 0.25) is 5.92 Å². The molecule has 1 heterocycles. The van der Waals surface area contributed by atoms with Gasteiger partial charge in [-0.05, 0) is 57.2 Å². The summed E-state index contributed by atoms with van der Waals surface area (Å²) in [7, 11) is 0. The Hall–Kier alpha value is -2.31. The number of aromatic nitrogens is 2. The van der Waals surface area contributed by atoms with Gasteiger partial charge in [-0.25, -0.2) is 18.2 Å². The Morgan fingerprint density at radius 2 is 1.93 bits per heavy atom. The van der Waals surface area contributed by atoms with Crippen LogP contribution >= 0.6 is 0 Å². The molecule has 0 unspecified atom stereocenters. The molecule has 0 radical (unpaired) electrons. The Kier molecular flexibility index (Phi) is 6.88. The highest BCUT2D eigenvalue weighted by Gasteiger charge is 2.25. The standard InChI is InChI=1S/C23H30F3N3O/c1-15-9-10-18(24)13-19(15)21-28-20(22(30)27-12-11-23(3,25)26)16(2)29(21)14-17-7-5-4-6-8-17/h9-10,13,17H,4-8,11-12,14H2,1-3H3,(H,27,30). The Balaban J connectivity index is 1.94. The van der Waals surface area contributed by atoms with E-state index >= 15 is 0 Å². The number of alkyl halides is 2. The first-order valence-electron chi connectivity index (χ1n) is 10.7. The molecule has 0 atom stereocenters. The number of amides is 1. The first-order chi connectivity index (χ1) is 14.2. The second-order valence-corrected chi connectivity index (χ2v) is 8.52. The Bertz CT molecular complexity index is 896. The number of halogens is 3. The Morgan fingerprint density at radius 3 is 2.60 bits per heavy atom. The maximum atomic E-state index is 14.0. The number of hydrogen-bond donors (Lipinski definition) is 1. The molecule has 0 bridgehead atoms. The van der Waals surface area contributed by atoms with Crippen molar-refractivity contribution in [2.75, 3.05) is 6.54 Å². The van der Waals surface area contributed by atoms with E-state index < -0.39 is 18.3 Å². The van der Waals surface area contributed by atoms with Gasteiger partial charge < -0.3 is 9.88 Å². The van der Waals surface area contributed by atoms with E-state index in [1.807, 2.05) is 18.4 Å². The summed E-state index contributed by atoms with van der Waals surface area (Å²) >= 11 is 0. The Labute approximate surface area is 175 Å². The summed E-state index contributed by atoms with van der Waals surface area (Å²) in [6, 6.07) is 4.54. The molecule has 1 aromatic carbocycles. The molecule has 1 saturated carbocycles. The molecule has 1 N–H and O–H groups in total. The lowest BCUT2D eigenvalue weighted by molar-refractivity contribution is 0.0137. The number of rotatable bonds is 7. The minimum absolute atomic E-state index is 0.133. The number of benzene rings is 1. The van der Waals surface area contributed by atoms with E-state index in [1.165, 1.54) is 31.4 Å². The summed E-state index contributed by atoms with van der Waals surface area (Å²) in [6.45, 7) is 5.11. The first-order valence-corrected chi connectivity index (χ1v) is 10.7. The van der Waals surface area contributed by atoms with E-state index in [0.717, 1.165) is 25.3 Å². The molecule has 1 aliphatic rings. The van der Waals surface area contributed by atoms with Gasteiger partial charge in [-0.1, -0.05) is 25.3 Å². The van der Waals surface area contributed by atoms with Crippen molar-refractivity contribution in [2.24, 2.45) is 5.92 Å². The van der Waals surface area contributed by atoms with Gasteiger partial charge in [0.1, 0.15) is 17.3 Å². The number of carbonyl (C=O) groups excluding carboxylic acids is 1. The largest absolute Gasteiger partial charge is 0.350 e. The molecule has 1 aromatic heterocycles. The van der Waals surface area contributed by atoms with Crippen molar-refractivity contribution in [1.29, 1.82) is 0 Å². The van der Waals surface area contributed by atoms with E-state index in [0.29, 0.717) is 29.5 Å². The van der Waals surface area contributed by atoms with E-state index in [9.17, 15) is 18.0 Å². The zero-order valence-electron chi connectivity index (χ0n) is 17.9. The molecule has 7 heteroatoms. The van der Waals surface area contributed by atoms with Crippen LogP contribution < -0.4 is 5.32 Å². The lowest BCUT2D eigenvalue weighted by Crippen LogP contribution is -2.29. The number of imidazole rings is 1. The van der Waals surface area contributed by atoms with Crippen molar-refractivity contribution in [1.82, 2.24) is 14.9 Å². The van der Waals surface area contributed by atoms with Crippen LogP contribution in [-0.2, 0) is 6.54 Å². The quantitative estimate of drug-likeness (QED) is 0.627. The molecule has 0 saturated heterocycles. The van der Waals surface area contributed by atoms with Crippen LogP contribution in [0.1, 0.15) is 67.2 Å². The third-order valence-corrected chi connectivity index (χ3v) is 5.89. The summed E-state index contributed by atoms with van der Waals surface area (Å²) in [5.41, 5.74) is 2.40. The minimum atomic E-state index is -2.84. The third-order valence-electron chi connectivity index (χ3n) is 5.89. The van der Waals surface area contributed by atoms with Gasteiger partial charge >= 0.3 is 0 Å². The molecule has 2 aromatic rings. The number of carbonyl (C=O) groups is 1. The van der Waals surface area contributed by atoms with Crippen LogP contribution in [0.25, 0.3) is 11.4 Å². The van der Waals surface area contributed by atoms with Gasteiger partial charge in [0.25, 0.3) is 5.91 Å². The molecule has 0 spiro atoms. The van der Waals surface area contributed by atoms with Gasteiger partial charge in [0.05, 0.1) is 0 Å². The first kappa shape index (κ1) is 22.4. The third kappa shape index (κ3) is 5.43. The van der Waals surface area contributed by atoms with Gasteiger partial charge in [0, 0.05) is 30.8 Å². The van der Waals surface area contributed by atoms with Crippen LogP contribution in [-0.4, -0.2) is 27.9 Å². The van der Waals surface area contributed by atoms with Crippen LogP contribution in [0.15, 0.2) is 18.2 Å². The summed E-state index contributed by atoms with van der Waals surface area (Å²) in [5, 5.41) is 2.55. The molecule has 1 amide bonds. The lowest BCUT2D eigenvalue weighted by atomic mass is 9.89. The van der Waals surface area contributed by atoms with E-state index in [4.69, 9.17) is 0 Å². The SMILES string of the molecule is Cc1ccc(F)cc1-c1nc(C(=O)NCCC(C)(F)F)c(C)n1CC1CCCCC1. The van der Waals surface area contributed by atoms with E-state index in [2.05, 4.69) is 10.3 Å². The fourth-order valence-electron chi connectivity index (χ4n) is 4.12. The summed E-state index contributed by atoms with van der Waals surface area (Å²) in [6.07, 6.45) is 5.41. The van der Waals surface area contributed by atoms with Crippen molar-refractivity contribution in [2.45, 2.75) is 71.8 Å². The van der Waals surface area contributed by atoms with Crippen LogP contribution in [0.5, 0.6) is 0 Å². The number of nitrogens with zero attached hydrogens (tertiary/aromatic N) is 2. The second-order valence-electron chi connectivity index (χ2n) is 8.52. The molecule has 4 nitrogen and oxygen atoms in total. The molecule has 1 aliphatic carbocycles. The number of nitrogens with one attached hydrogen (secondary N) is 1. The van der Waals surface area contributed by atoms with Crippen molar-refractivity contribution < 1.29 is 18.0 Å². The van der Waals surface area contributed by atoms with Crippen LogP contribution in [0, 0.1) is 25.6 Å². The summed E-state index contributed by atoms with van der Waals surface area (Å²) in [4.78, 5) is 17.2. The van der Waals surface area contributed by atoms with E-state index in [-0.39, 0.29) is 18.1 Å².